The van der Waals surface area contributed by atoms with E-state index in [0.29, 0.717) is 3.92 Å². The van der Waals surface area contributed by atoms with E-state index in [1.165, 1.54) is 5.56 Å². The van der Waals surface area contributed by atoms with Crippen molar-refractivity contribution in [2.45, 2.75) is 16.2 Å². The van der Waals surface area contributed by atoms with E-state index in [1.807, 2.05) is 18.2 Å². The third-order valence-electron chi connectivity index (χ3n) is 1.52. The molecule has 2 atom stereocenters. The molecule has 0 saturated carbocycles. The molecule has 0 amide bonds. The summed E-state index contributed by atoms with van der Waals surface area (Å²) in [7, 11) is 0. The molecule has 0 fully saturated rings. The molecular weight excluding hydrogens is 270 g/mol. The Morgan fingerprint density at radius 1 is 1.27 bits per heavy atom. The minimum absolute atomic E-state index is 0.136. The van der Waals surface area contributed by atoms with E-state index in [9.17, 15) is 0 Å². The van der Waals surface area contributed by atoms with Crippen LogP contribution in [0.3, 0.4) is 0 Å². The van der Waals surface area contributed by atoms with Crippen molar-refractivity contribution in [3.05, 3.63) is 35.9 Å². The molecule has 1 aromatic rings. The van der Waals surface area contributed by atoms with Gasteiger partial charge in [0, 0.05) is 3.92 Å². The molecule has 1 aromatic carbocycles. The summed E-state index contributed by atoms with van der Waals surface area (Å²) in [6.07, 6.45) is 0. The number of benzene rings is 1. The van der Waals surface area contributed by atoms with Crippen molar-refractivity contribution < 1.29 is 0 Å². The molecule has 0 aromatic heterocycles. The molecule has 0 N–H and O–H groups in total. The maximum Gasteiger partial charge on any atom is 0.0700 e. The second kappa shape index (κ2) is 4.31. The van der Waals surface area contributed by atoms with Gasteiger partial charge < -0.3 is 0 Å². The standard InChI is InChI=1S/C9H10ClI/c1-7(11)9(10)8-5-3-2-4-6-8/h2-7,9H,1H3. The van der Waals surface area contributed by atoms with Crippen molar-refractivity contribution in [3.8, 4) is 0 Å². The molecule has 11 heavy (non-hydrogen) atoms. The maximum absolute atomic E-state index is 6.13. The Balaban J connectivity index is 2.77. The first-order valence-corrected chi connectivity index (χ1v) is 5.23. The van der Waals surface area contributed by atoms with Crippen molar-refractivity contribution in [2.24, 2.45) is 0 Å². The SMILES string of the molecule is CC(I)C(Cl)c1ccccc1. The first kappa shape index (κ1) is 9.33. The highest BCUT2D eigenvalue weighted by atomic mass is 127. The lowest BCUT2D eigenvalue weighted by Gasteiger charge is -2.11. The van der Waals surface area contributed by atoms with Crippen LogP contribution in [0.1, 0.15) is 17.9 Å². The highest BCUT2D eigenvalue weighted by Crippen LogP contribution is 2.28. The lowest BCUT2D eigenvalue weighted by molar-refractivity contribution is 0.936. The largest absolute Gasteiger partial charge is 0.117 e. The topological polar surface area (TPSA) is 0 Å². The van der Waals surface area contributed by atoms with Crippen molar-refractivity contribution in [2.75, 3.05) is 0 Å². The van der Waals surface area contributed by atoms with E-state index in [0.717, 1.165) is 0 Å². The summed E-state index contributed by atoms with van der Waals surface area (Å²) in [5.74, 6) is 0. The molecule has 2 unspecified atom stereocenters. The minimum Gasteiger partial charge on any atom is -0.117 e. The van der Waals surface area contributed by atoms with Crippen molar-refractivity contribution in [3.63, 3.8) is 0 Å². The van der Waals surface area contributed by atoms with Crippen LogP contribution in [-0.4, -0.2) is 3.92 Å². The highest BCUT2D eigenvalue weighted by Gasteiger charge is 2.11. The lowest BCUT2D eigenvalue weighted by atomic mass is 10.1. The molecule has 0 aliphatic rings. The number of hydrogen-bond donors (Lipinski definition) is 0. The average molecular weight is 281 g/mol. The van der Waals surface area contributed by atoms with Gasteiger partial charge in [0.2, 0.25) is 0 Å². The zero-order valence-corrected chi connectivity index (χ0v) is 9.21. The molecule has 60 valence electrons. The van der Waals surface area contributed by atoms with Crippen LogP contribution in [0.25, 0.3) is 0 Å². The van der Waals surface area contributed by atoms with Gasteiger partial charge >= 0.3 is 0 Å². The predicted octanol–water partition coefficient (Wildman–Crippen LogP) is 3.79. The van der Waals surface area contributed by atoms with Gasteiger partial charge in [-0.05, 0) is 5.56 Å². The smallest absolute Gasteiger partial charge is 0.0700 e. The van der Waals surface area contributed by atoms with Crippen LogP contribution < -0.4 is 0 Å². The van der Waals surface area contributed by atoms with Crippen LogP contribution >= 0.6 is 34.2 Å². The predicted molar refractivity (Wildman–Crippen MR) is 58.5 cm³/mol. The molecule has 0 aliphatic heterocycles. The number of rotatable bonds is 2. The molecule has 0 nitrogen and oxygen atoms in total. The summed E-state index contributed by atoms with van der Waals surface area (Å²) in [5, 5.41) is 0.136. The molecule has 0 radical (unpaired) electrons. The molecule has 0 heterocycles. The molecule has 1 rings (SSSR count). The fourth-order valence-corrected chi connectivity index (χ4v) is 1.46. The Hall–Kier alpha value is 0.240. The summed E-state index contributed by atoms with van der Waals surface area (Å²) in [6, 6.07) is 10.2. The number of halogens is 2. The van der Waals surface area contributed by atoms with Gasteiger partial charge in [0.15, 0.2) is 0 Å². The van der Waals surface area contributed by atoms with Gasteiger partial charge in [-0.1, -0.05) is 59.8 Å². The maximum atomic E-state index is 6.13. The lowest BCUT2D eigenvalue weighted by Crippen LogP contribution is -2.00. The van der Waals surface area contributed by atoms with Gasteiger partial charge in [0.1, 0.15) is 0 Å². The van der Waals surface area contributed by atoms with E-state index < -0.39 is 0 Å². The monoisotopic (exact) mass is 280 g/mol. The Bertz CT molecular complexity index is 208. The normalized spacial score (nSPS) is 15.9. The Labute approximate surface area is 86.1 Å². The average Bonchev–Trinajstić information content (AvgIpc) is 2.05. The van der Waals surface area contributed by atoms with Gasteiger partial charge in [0.25, 0.3) is 0 Å². The van der Waals surface area contributed by atoms with Crippen LogP contribution in [0, 0.1) is 0 Å². The number of hydrogen-bond acceptors (Lipinski definition) is 0. The quantitative estimate of drug-likeness (QED) is 0.571. The van der Waals surface area contributed by atoms with Gasteiger partial charge in [-0.25, -0.2) is 0 Å². The van der Waals surface area contributed by atoms with Gasteiger partial charge in [0.05, 0.1) is 5.38 Å². The molecular formula is C9H10ClI. The summed E-state index contributed by atoms with van der Waals surface area (Å²) in [5.41, 5.74) is 1.20. The molecule has 0 bridgehead atoms. The van der Waals surface area contributed by atoms with Gasteiger partial charge in [-0.2, -0.15) is 0 Å². The van der Waals surface area contributed by atoms with Crippen molar-refractivity contribution in [1.29, 1.82) is 0 Å². The fraction of sp³-hybridized carbons (Fsp3) is 0.333. The Morgan fingerprint density at radius 2 is 1.82 bits per heavy atom. The van der Waals surface area contributed by atoms with E-state index in [4.69, 9.17) is 11.6 Å². The summed E-state index contributed by atoms with van der Waals surface area (Å²) >= 11 is 8.47. The summed E-state index contributed by atoms with van der Waals surface area (Å²) in [6.45, 7) is 2.12. The molecule has 0 saturated heterocycles. The first-order valence-electron chi connectivity index (χ1n) is 3.55. The summed E-state index contributed by atoms with van der Waals surface area (Å²) in [4.78, 5) is 0. The van der Waals surface area contributed by atoms with E-state index >= 15 is 0 Å². The van der Waals surface area contributed by atoms with Crippen LogP contribution in [0.5, 0.6) is 0 Å². The Morgan fingerprint density at radius 3 is 2.27 bits per heavy atom. The van der Waals surface area contributed by atoms with E-state index in [2.05, 4.69) is 41.6 Å². The minimum atomic E-state index is 0.136. The van der Waals surface area contributed by atoms with Crippen LogP contribution in [0.4, 0.5) is 0 Å². The van der Waals surface area contributed by atoms with Crippen molar-refractivity contribution >= 4 is 34.2 Å². The molecule has 2 heteroatoms. The fourth-order valence-electron chi connectivity index (χ4n) is 0.902. The van der Waals surface area contributed by atoms with Gasteiger partial charge in [-0.3, -0.25) is 0 Å². The van der Waals surface area contributed by atoms with Crippen LogP contribution in [-0.2, 0) is 0 Å². The molecule has 0 spiro atoms. The van der Waals surface area contributed by atoms with E-state index in [1.54, 1.807) is 0 Å². The Kier molecular flexibility index (Phi) is 3.66. The van der Waals surface area contributed by atoms with Crippen LogP contribution in [0.2, 0.25) is 0 Å². The summed E-state index contributed by atoms with van der Waals surface area (Å²) < 4.78 is 0.469. The van der Waals surface area contributed by atoms with E-state index in [-0.39, 0.29) is 5.38 Å². The third kappa shape index (κ3) is 2.64. The molecule has 0 aliphatic carbocycles. The zero-order chi connectivity index (χ0) is 8.27. The second-order valence-electron chi connectivity index (χ2n) is 2.49. The van der Waals surface area contributed by atoms with Crippen molar-refractivity contribution in [1.82, 2.24) is 0 Å². The third-order valence-corrected chi connectivity index (χ3v) is 3.30. The highest BCUT2D eigenvalue weighted by molar-refractivity contribution is 14.1. The first-order chi connectivity index (χ1) is 5.22. The second-order valence-corrected chi connectivity index (χ2v) is 4.92. The zero-order valence-electron chi connectivity index (χ0n) is 6.30. The number of alkyl halides is 2. The van der Waals surface area contributed by atoms with Crippen LogP contribution in [0.15, 0.2) is 30.3 Å². The van der Waals surface area contributed by atoms with Gasteiger partial charge in [-0.15, -0.1) is 11.6 Å².